The first-order chi connectivity index (χ1) is 9.60. The third-order valence-corrected chi connectivity index (χ3v) is 4.78. The molecule has 0 aromatic heterocycles. The summed E-state index contributed by atoms with van der Waals surface area (Å²) >= 11 is 0. The zero-order valence-corrected chi connectivity index (χ0v) is 13.2. The van der Waals surface area contributed by atoms with Gasteiger partial charge in [0, 0.05) is 38.2 Å². The van der Waals surface area contributed by atoms with Crippen molar-refractivity contribution in [2.75, 3.05) is 20.2 Å². The van der Waals surface area contributed by atoms with Gasteiger partial charge in [-0.05, 0) is 38.5 Å². The Labute approximate surface area is 123 Å². The van der Waals surface area contributed by atoms with E-state index in [1.807, 2.05) is 25.9 Å². The van der Waals surface area contributed by atoms with Gasteiger partial charge < -0.3 is 15.0 Å². The monoisotopic (exact) mass is 282 g/mol. The van der Waals surface area contributed by atoms with E-state index in [4.69, 9.17) is 4.74 Å². The highest BCUT2D eigenvalue weighted by Gasteiger charge is 2.27. The fourth-order valence-electron chi connectivity index (χ4n) is 3.43. The molecule has 2 aliphatic rings. The Morgan fingerprint density at radius 2 is 1.60 bits per heavy atom. The van der Waals surface area contributed by atoms with Crippen molar-refractivity contribution in [3.63, 3.8) is 0 Å². The van der Waals surface area contributed by atoms with E-state index in [0.29, 0.717) is 24.1 Å². The maximum atomic E-state index is 12.0. The number of carbonyl (C=O) groups is 1. The first kappa shape index (κ1) is 15.8. The molecule has 0 radical (unpaired) electrons. The van der Waals surface area contributed by atoms with Crippen molar-refractivity contribution >= 4 is 5.91 Å². The Kier molecular flexibility index (Phi) is 5.85. The van der Waals surface area contributed by atoms with E-state index in [2.05, 4.69) is 5.32 Å². The minimum absolute atomic E-state index is 0.129. The summed E-state index contributed by atoms with van der Waals surface area (Å²) in [7, 11) is 1.82. The van der Waals surface area contributed by atoms with Crippen molar-refractivity contribution in [1.29, 1.82) is 0 Å². The normalized spacial score (nSPS) is 28.9. The first-order valence-corrected chi connectivity index (χ1v) is 8.17. The van der Waals surface area contributed by atoms with Crippen molar-refractivity contribution in [1.82, 2.24) is 10.2 Å². The van der Waals surface area contributed by atoms with E-state index in [1.165, 1.54) is 25.7 Å². The van der Waals surface area contributed by atoms with Crippen LogP contribution in [0.4, 0.5) is 0 Å². The highest BCUT2D eigenvalue weighted by Crippen LogP contribution is 2.22. The fraction of sp³-hybridized carbons (Fsp3) is 0.938. The number of nitrogens with one attached hydrogen (secondary N) is 1. The summed E-state index contributed by atoms with van der Waals surface area (Å²) in [4.78, 5) is 14.0. The lowest BCUT2D eigenvalue weighted by Gasteiger charge is -2.37. The van der Waals surface area contributed by atoms with Crippen molar-refractivity contribution in [2.45, 2.75) is 70.6 Å². The van der Waals surface area contributed by atoms with Gasteiger partial charge in [-0.1, -0.05) is 13.8 Å². The molecule has 4 nitrogen and oxygen atoms in total. The SMILES string of the molecule is COC1CCC(NC2CCN(C(=O)C(C)C)CC2)CC1. The molecule has 1 heterocycles. The molecule has 116 valence electrons. The minimum atomic E-state index is 0.129. The van der Waals surface area contributed by atoms with Crippen LogP contribution in [0.5, 0.6) is 0 Å². The maximum absolute atomic E-state index is 12.0. The van der Waals surface area contributed by atoms with Crippen molar-refractivity contribution in [3.05, 3.63) is 0 Å². The lowest BCUT2D eigenvalue weighted by Crippen LogP contribution is -2.49. The van der Waals surface area contributed by atoms with Crippen LogP contribution in [-0.4, -0.2) is 49.2 Å². The molecule has 0 aromatic rings. The van der Waals surface area contributed by atoms with Gasteiger partial charge in [0.2, 0.25) is 5.91 Å². The van der Waals surface area contributed by atoms with Crippen LogP contribution >= 0.6 is 0 Å². The highest BCUT2D eigenvalue weighted by atomic mass is 16.5. The molecule has 0 bridgehead atoms. The summed E-state index contributed by atoms with van der Waals surface area (Å²) < 4.78 is 5.42. The molecule has 1 N–H and O–H groups in total. The molecule has 1 amide bonds. The third kappa shape index (κ3) is 4.19. The minimum Gasteiger partial charge on any atom is -0.381 e. The fourth-order valence-corrected chi connectivity index (χ4v) is 3.43. The van der Waals surface area contributed by atoms with E-state index in [9.17, 15) is 4.79 Å². The van der Waals surface area contributed by atoms with Crippen LogP contribution in [0.2, 0.25) is 0 Å². The van der Waals surface area contributed by atoms with Gasteiger partial charge in [0.05, 0.1) is 6.10 Å². The molecule has 0 atom stereocenters. The number of nitrogens with zero attached hydrogens (tertiary/aromatic N) is 1. The Hall–Kier alpha value is -0.610. The van der Waals surface area contributed by atoms with Crippen LogP contribution in [0.25, 0.3) is 0 Å². The summed E-state index contributed by atoms with van der Waals surface area (Å²) in [5.74, 6) is 0.438. The molecule has 0 aromatic carbocycles. The number of piperidine rings is 1. The van der Waals surface area contributed by atoms with Crippen LogP contribution in [0.1, 0.15) is 52.4 Å². The molecular weight excluding hydrogens is 252 g/mol. The van der Waals surface area contributed by atoms with E-state index < -0.39 is 0 Å². The standard InChI is InChI=1S/C16H30N2O2/c1-12(2)16(19)18-10-8-14(9-11-18)17-13-4-6-15(20-3)7-5-13/h12-15,17H,4-11H2,1-3H3. The highest BCUT2D eigenvalue weighted by molar-refractivity contribution is 5.78. The van der Waals surface area contributed by atoms with E-state index in [1.54, 1.807) is 0 Å². The second-order valence-electron chi connectivity index (χ2n) is 6.63. The summed E-state index contributed by atoms with van der Waals surface area (Å²) in [6.07, 6.45) is 7.48. The zero-order valence-electron chi connectivity index (χ0n) is 13.2. The number of likely N-dealkylation sites (tertiary alicyclic amines) is 1. The third-order valence-electron chi connectivity index (χ3n) is 4.78. The van der Waals surface area contributed by atoms with Gasteiger partial charge in [-0.2, -0.15) is 0 Å². The van der Waals surface area contributed by atoms with Crippen LogP contribution in [0.15, 0.2) is 0 Å². The topological polar surface area (TPSA) is 41.6 Å². The summed E-state index contributed by atoms with van der Waals surface area (Å²) in [6, 6.07) is 1.24. The smallest absolute Gasteiger partial charge is 0.225 e. The Bertz CT molecular complexity index is 304. The van der Waals surface area contributed by atoms with E-state index in [0.717, 1.165) is 25.9 Å². The molecule has 1 aliphatic carbocycles. The molecule has 1 saturated heterocycles. The molecule has 20 heavy (non-hydrogen) atoms. The first-order valence-electron chi connectivity index (χ1n) is 8.17. The molecule has 1 saturated carbocycles. The average Bonchev–Trinajstić information content (AvgIpc) is 2.48. The molecule has 4 heteroatoms. The summed E-state index contributed by atoms with van der Waals surface area (Å²) in [5, 5.41) is 3.80. The Morgan fingerprint density at radius 1 is 1.05 bits per heavy atom. The van der Waals surface area contributed by atoms with Gasteiger partial charge >= 0.3 is 0 Å². The van der Waals surface area contributed by atoms with E-state index in [-0.39, 0.29) is 5.92 Å². The Balaban J connectivity index is 1.68. The quantitative estimate of drug-likeness (QED) is 0.859. The number of carbonyl (C=O) groups excluding carboxylic acids is 1. The molecule has 2 rings (SSSR count). The van der Waals surface area contributed by atoms with Crippen molar-refractivity contribution in [3.8, 4) is 0 Å². The molecular formula is C16H30N2O2. The predicted octanol–water partition coefficient (Wildman–Crippen LogP) is 2.18. The predicted molar refractivity (Wildman–Crippen MR) is 80.6 cm³/mol. The number of hydrogen-bond donors (Lipinski definition) is 1. The number of ether oxygens (including phenoxy) is 1. The number of hydrogen-bond acceptors (Lipinski definition) is 3. The van der Waals surface area contributed by atoms with Gasteiger partial charge in [0.25, 0.3) is 0 Å². The van der Waals surface area contributed by atoms with Crippen LogP contribution in [0, 0.1) is 5.92 Å². The van der Waals surface area contributed by atoms with Gasteiger partial charge in [0.1, 0.15) is 0 Å². The zero-order chi connectivity index (χ0) is 14.5. The van der Waals surface area contributed by atoms with E-state index >= 15 is 0 Å². The molecule has 0 spiro atoms. The molecule has 1 aliphatic heterocycles. The second kappa shape index (κ2) is 7.41. The van der Waals surface area contributed by atoms with Gasteiger partial charge in [0.15, 0.2) is 0 Å². The Morgan fingerprint density at radius 3 is 2.10 bits per heavy atom. The number of methoxy groups -OCH3 is 1. The molecule has 2 fully saturated rings. The lowest BCUT2D eigenvalue weighted by molar-refractivity contribution is -0.135. The number of amides is 1. The van der Waals surface area contributed by atoms with Crippen LogP contribution < -0.4 is 5.32 Å². The maximum Gasteiger partial charge on any atom is 0.225 e. The van der Waals surface area contributed by atoms with Gasteiger partial charge in [-0.25, -0.2) is 0 Å². The average molecular weight is 282 g/mol. The van der Waals surface area contributed by atoms with Crippen LogP contribution in [0.3, 0.4) is 0 Å². The van der Waals surface area contributed by atoms with Gasteiger partial charge in [-0.3, -0.25) is 4.79 Å². The van der Waals surface area contributed by atoms with Crippen LogP contribution in [-0.2, 0) is 9.53 Å². The summed E-state index contributed by atoms with van der Waals surface area (Å²) in [5.41, 5.74) is 0. The summed E-state index contributed by atoms with van der Waals surface area (Å²) in [6.45, 7) is 5.81. The van der Waals surface area contributed by atoms with Crippen molar-refractivity contribution < 1.29 is 9.53 Å². The second-order valence-corrected chi connectivity index (χ2v) is 6.63. The van der Waals surface area contributed by atoms with Gasteiger partial charge in [-0.15, -0.1) is 0 Å². The number of rotatable bonds is 4. The molecule has 0 unspecified atom stereocenters. The van der Waals surface area contributed by atoms with Crippen molar-refractivity contribution in [2.24, 2.45) is 5.92 Å². The largest absolute Gasteiger partial charge is 0.381 e. The lowest BCUT2D eigenvalue weighted by atomic mass is 9.91.